The number of alkyl halides is 3. The molecule has 2 rings (SSSR count). The summed E-state index contributed by atoms with van der Waals surface area (Å²) in [5.74, 6) is 1.11. The zero-order valence-corrected chi connectivity index (χ0v) is 19.4. The van der Waals surface area contributed by atoms with Crippen LogP contribution in [0.3, 0.4) is 0 Å². The van der Waals surface area contributed by atoms with Crippen molar-refractivity contribution in [1.82, 2.24) is 15.6 Å². The molecule has 1 aromatic heterocycles. The molecule has 1 fully saturated rings. The fraction of sp³-hybridized carbons (Fsp3) is 0.684. The lowest BCUT2D eigenvalue weighted by atomic mass is 10.1. The Balaban J connectivity index is 0.00000450. The molecular formula is C19H30F3IN4O3. The summed E-state index contributed by atoms with van der Waals surface area (Å²) in [5.41, 5.74) is 0.767. The summed E-state index contributed by atoms with van der Waals surface area (Å²) in [7, 11) is 0. The van der Waals surface area contributed by atoms with Gasteiger partial charge in [0.2, 0.25) is 5.88 Å². The fourth-order valence-electron chi connectivity index (χ4n) is 2.60. The maximum absolute atomic E-state index is 12.1. The third kappa shape index (κ3) is 11.7. The van der Waals surface area contributed by atoms with Crippen molar-refractivity contribution in [2.75, 3.05) is 46.1 Å². The molecule has 7 nitrogen and oxygen atoms in total. The van der Waals surface area contributed by atoms with Crippen LogP contribution in [0.25, 0.3) is 0 Å². The van der Waals surface area contributed by atoms with Gasteiger partial charge in [0.1, 0.15) is 0 Å². The van der Waals surface area contributed by atoms with E-state index in [0.29, 0.717) is 31.6 Å². The highest BCUT2D eigenvalue weighted by molar-refractivity contribution is 14.0. The van der Waals surface area contributed by atoms with E-state index in [9.17, 15) is 13.2 Å². The van der Waals surface area contributed by atoms with Crippen LogP contribution in [0.15, 0.2) is 23.3 Å². The highest BCUT2D eigenvalue weighted by atomic mass is 127. The lowest BCUT2D eigenvalue weighted by Gasteiger charge is -2.12. The molecule has 0 aliphatic carbocycles. The first-order valence-electron chi connectivity index (χ1n) is 9.78. The Kier molecular flexibility index (Phi) is 13.0. The minimum Gasteiger partial charge on any atom is -0.468 e. The molecule has 172 valence electrons. The van der Waals surface area contributed by atoms with E-state index in [1.165, 1.54) is 12.3 Å². The number of aliphatic imine (C=N–C) groups is 1. The second-order valence-corrected chi connectivity index (χ2v) is 6.69. The molecule has 11 heteroatoms. The number of guanidine groups is 1. The number of pyridine rings is 1. The summed E-state index contributed by atoms with van der Waals surface area (Å²) >= 11 is 0. The van der Waals surface area contributed by atoms with Gasteiger partial charge in [0.15, 0.2) is 12.6 Å². The Labute approximate surface area is 192 Å². The van der Waals surface area contributed by atoms with Crippen LogP contribution in [0.5, 0.6) is 5.88 Å². The smallest absolute Gasteiger partial charge is 0.422 e. The molecule has 2 N–H and O–H groups in total. The lowest BCUT2D eigenvalue weighted by Crippen LogP contribution is -2.38. The van der Waals surface area contributed by atoms with Crippen LogP contribution >= 0.6 is 24.0 Å². The van der Waals surface area contributed by atoms with E-state index >= 15 is 0 Å². The Bertz CT molecular complexity index is 612. The summed E-state index contributed by atoms with van der Waals surface area (Å²) in [6.07, 6.45) is -1.00. The topological polar surface area (TPSA) is 77.0 Å². The molecule has 1 aliphatic heterocycles. The van der Waals surface area contributed by atoms with Crippen LogP contribution in [-0.2, 0) is 16.0 Å². The van der Waals surface area contributed by atoms with Gasteiger partial charge in [0.05, 0.1) is 19.8 Å². The molecule has 0 spiro atoms. The predicted molar refractivity (Wildman–Crippen MR) is 118 cm³/mol. The Morgan fingerprint density at radius 2 is 2.17 bits per heavy atom. The standard InChI is InChI=1S/C19H29F3N4O3.HI/c1-2-23-18(24-7-3-8-27-12-16-6-9-28-13-16)26-11-15-4-5-17(25-10-15)29-14-19(20,21)22;/h4-5,10,16H,2-3,6-9,11-14H2,1H3,(H2,23,24,26);1H. The van der Waals surface area contributed by atoms with Crippen molar-refractivity contribution < 1.29 is 27.4 Å². The van der Waals surface area contributed by atoms with Gasteiger partial charge in [0.25, 0.3) is 0 Å². The van der Waals surface area contributed by atoms with Crippen molar-refractivity contribution in [3.63, 3.8) is 0 Å². The van der Waals surface area contributed by atoms with E-state index in [4.69, 9.17) is 9.47 Å². The second-order valence-electron chi connectivity index (χ2n) is 6.69. The summed E-state index contributed by atoms with van der Waals surface area (Å²) in [6.45, 7) is 5.43. The zero-order chi connectivity index (χ0) is 21.0. The minimum absolute atomic E-state index is 0. The summed E-state index contributed by atoms with van der Waals surface area (Å²) in [5, 5.41) is 6.38. The summed E-state index contributed by atoms with van der Waals surface area (Å²) in [6, 6.07) is 3.05. The molecule has 2 heterocycles. The van der Waals surface area contributed by atoms with Gasteiger partial charge < -0.3 is 24.8 Å². The van der Waals surface area contributed by atoms with E-state index in [-0.39, 0.29) is 29.9 Å². The lowest BCUT2D eigenvalue weighted by molar-refractivity contribution is -0.154. The first kappa shape index (κ1) is 26.7. The SMILES string of the molecule is CCNC(=NCc1ccc(OCC(F)(F)F)nc1)NCCCOCC1CCOC1.I. The van der Waals surface area contributed by atoms with E-state index in [2.05, 4.69) is 25.3 Å². The molecule has 1 atom stereocenters. The molecule has 0 saturated carbocycles. The number of hydrogen-bond acceptors (Lipinski definition) is 5. The van der Waals surface area contributed by atoms with Gasteiger partial charge in [-0.2, -0.15) is 13.2 Å². The normalized spacial score (nSPS) is 16.8. The molecule has 1 saturated heterocycles. The van der Waals surface area contributed by atoms with Crippen molar-refractivity contribution in [2.24, 2.45) is 10.9 Å². The minimum atomic E-state index is -4.38. The largest absolute Gasteiger partial charge is 0.468 e. The number of rotatable bonds is 11. The van der Waals surface area contributed by atoms with Gasteiger partial charge in [-0.05, 0) is 25.3 Å². The first-order chi connectivity index (χ1) is 14.0. The maximum atomic E-state index is 12.1. The van der Waals surface area contributed by atoms with Gasteiger partial charge in [0, 0.05) is 44.5 Å². The fourth-order valence-corrected chi connectivity index (χ4v) is 2.60. The van der Waals surface area contributed by atoms with Gasteiger partial charge in [-0.3, -0.25) is 0 Å². The molecule has 1 aliphatic rings. The number of aromatic nitrogens is 1. The highest BCUT2D eigenvalue weighted by Gasteiger charge is 2.28. The average Bonchev–Trinajstić information content (AvgIpc) is 3.21. The molecule has 1 unspecified atom stereocenters. The Morgan fingerprint density at radius 3 is 2.80 bits per heavy atom. The molecule has 30 heavy (non-hydrogen) atoms. The van der Waals surface area contributed by atoms with Crippen molar-refractivity contribution in [2.45, 2.75) is 32.5 Å². The van der Waals surface area contributed by atoms with E-state index in [0.717, 1.165) is 44.8 Å². The Hall–Kier alpha value is -1.34. The van der Waals surface area contributed by atoms with Crippen LogP contribution in [-0.4, -0.2) is 63.2 Å². The number of nitrogens with zero attached hydrogens (tertiary/aromatic N) is 2. The van der Waals surface area contributed by atoms with Crippen LogP contribution in [0, 0.1) is 5.92 Å². The average molecular weight is 546 g/mol. The number of nitrogens with one attached hydrogen (secondary N) is 2. The van der Waals surface area contributed by atoms with Gasteiger partial charge in [-0.15, -0.1) is 24.0 Å². The Morgan fingerprint density at radius 1 is 1.33 bits per heavy atom. The third-order valence-electron chi connectivity index (χ3n) is 4.08. The van der Waals surface area contributed by atoms with Crippen molar-refractivity contribution in [3.05, 3.63) is 23.9 Å². The molecular weight excluding hydrogens is 516 g/mol. The summed E-state index contributed by atoms with van der Waals surface area (Å²) in [4.78, 5) is 8.33. The van der Waals surface area contributed by atoms with Gasteiger partial charge in [-0.25, -0.2) is 9.98 Å². The number of hydrogen-bond donors (Lipinski definition) is 2. The van der Waals surface area contributed by atoms with E-state index in [1.54, 1.807) is 6.07 Å². The monoisotopic (exact) mass is 546 g/mol. The van der Waals surface area contributed by atoms with Crippen LogP contribution < -0.4 is 15.4 Å². The van der Waals surface area contributed by atoms with Crippen LogP contribution in [0.2, 0.25) is 0 Å². The number of halogens is 4. The van der Waals surface area contributed by atoms with Crippen LogP contribution in [0.1, 0.15) is 25.3 Å². The van der Waals surface area contributed by atoms with Crippen LogP contribution in [0.4, 0.5) is 13.2 Å². The molecule has 0 aromatic carbocycles. The molecule has 0 radical (unpaired) electrons. The van der Waals surface area contributed by atoms with Gasteiger partial charge >= 0.3 is 6.18 Å². The second kappa shape index (κ2) is 14.6. The van der Waals surface area contributed by atoms with Crippen molar-refractivity contribution >= 4 is 29.9 Å². The summed E-state index contributed by atoms with van der Waals surface area (Å²) < 4.78 is 52.0. The molecule has 0 bridgehead atoms. The quantitative estimate of drug-likeness (QED) is 0.192. The van der Waals surface area contributed by atoms with E-state index in [1.807, 2.05) is 6.92 Å². The number of ether oxygens (including phenoxy) is 3. The van der Waals surface area contributed by atoms with Gasteiger partial charge in [-0.1, -0.05) is 6.07 Å². The first-order valence-corrected chi connectivity index (χ1v) is 9.78. The molecule has 1 aromatic rings. The zero-order valence-electron chi connectivity index (χ0n) is 17.0. The molecule has 0 amide bonds. The highest BCUT2D eigenvalue weighted by Crippen LogP contribution is 2.17. The van der Waals surface area contributed by atoms with Crippen molar-refractivity contribution in [1.29, 1.82) is 0 Å². The van der Waals surface area contributed by atoms with E-state index < -0.39 is 12.8 Å². The van der Waals surface area contributed by atoms with Crippen molar-refractivity contribution in [3.8, 4) is 5.88 Å². The predicted octanol–water partition coefficient (Wildman–Crippen LogP) is 3.14. The third-order valence-corrected chi connectivity index (χ3v) is 4.08. The maximum Gasteiger partial charge on any atom is 0.422 e.